The van der Waals surface area contributed by atoms with Crippen LogP contribution >= 0.6 is 0 Å². The van der Waals surface area contributed by atoms with E-state index >= 15 is 0 Å². The summed E-state index contributed by atoms with van der Waals surface area (Å²) in [6, 6.07) is 5.76. The first-order valence-corrected chi connectivity index (χ1v) is 5.20. The Morgan fingerprint density at radius 1 is 1.56 bits per heavy atom. The van der Waals surface area contributed by atoms with E-state index in [2.05, 4.69) is 5.32 Å². The van der Waals surface area contributed by atoms with Crippen molar-refractivity contribution in [1.29, 1.82) is 0 Å². The molecule has 4 heteroatoms. The minimum atomic E-state index is -0.402. The summed E-state index contributed by atoms with van der Waals surface area (Å²) in [4.78, 5) is 11.2. The molecular weight excluding hydrogens is 204 g/mol. The van der Waals surface area contributed by atoms with Crippen LogP contribution in [0.3, 0.4) is 0 Å². The monoisotopic (exact) mass is 222 g/mol. The number of nitrogens with two attached hydrogens (primary N) is 1. The first kappa shape index (κ1) is 12.5. The normalized spacial score (nSPS) is 12.2. The van der Waals surface area contributed by atoms with Crippen molar-refractivity contribution in [2.45, 2.75) is 19.9 Å². The zero-order chi connectivity index (χ0) is 12.1. The molecule has 0 saturated carbocycles. The average molecular weight is 222 g/mol. The summed E-state index contributed by atoms with van der Waals surface area (Å²) in [7, 11) is 1.65. The minimum absolute atomic E-state index is 0.188. The molecular formula is C12H18N2O2. The van der Waals surface area contributed by atoms with E-state index in [4.69, 9.17) is 10.5 Å². The molecule has 1 atom stereocenters. The van der Waals surface area contributed by atoms with Gasteiger partial charge in [0.25, 0.3) is 0 Å². The predicted molar refractivity (Wildman–Crippen MR) is 64.7 cm³/mol. The van der Waals surface area contributed by atoms with Crippen molar-refractivity contribution in [3.63, 3.8) is 0 Å². The number of carbonyl (C=O) groups is 1. The molecule has 0 radical (unpaired) electrons. The maximum atomic E-state index is 11.2. The van der Waals surface area contributed by atoms with E-state index in [1.54, 1.807) is 13.2 Å². The van der Waals surface area contributed by atoms with Crippen LogP contribution in [0.4, 0.5) is 5.69 Å². The van der Waals surface area contributed by atoms with Gasteiger partial charge in [0.2, 0.25) is 5.91 Å². The van der Waals surface area contributed by atoms with E-state index in [1.165, 1.54) is 0 Å². The highest BCUT2D eigenvalue weighted by molar-refractivity contribution is 5.95. The molecule has 0 bridgehead atoms. The number of aryl methyl sites for hydroxylation is 1. The van der Waals surface area contributed by atoms with Gasteiger partial charge >= 0.3 is 0 Å². The summed E-state index contributed by atoms with van der Waals surface area (Å²) < 4.78 is 5.02. The zero-order valence-electron chi connectivity index (χ0n) is 9.91. The first-order valence-electron chi connectivity index (χ1n) is 5.20. The highest BCUT2D eigenvalue weighted by Gasteiger charge is 2.07. The number of methoxy groups -OCH3 is 1. The molecule has 3 N–H and O–H groups in total. The fourth-order valence-electron chi connectivity index (χ4n) is 1.55. The second-order valence-electron chi connectivity index (χ2n) is 3.89. The number of nitrogens with one attached hydrogen (secondary N) is 1. The molecule has 0 heterocycles. The van der Waals surface area contributed by atoms with Crippen LogP contribution in [0.2, 0.25) is 0 Å². The highest BCUT2D eigenvalue weighted by atomic mass is 16.5. The molecule has 0 saturated heterocycles. The molecule has 0 aliphatic heterocycles. The van der Waals surface area contributed by atoms with E-state index in [0.29, 0.717) is 12.2 Å². The van der Waals surface area contributed by atoms with Gasteiger partial charge in [0.1, 0.15) is 0 Å². The Morgan fingerprint density at radius 3 is 2.81 bits per heavy atom. The predicted octanol–water partition coefficient (Wildman–Crippen LogP) is 1.54. The number of carbonyl (C=O) groups excluding carboxylic acids is 1. The van der Waals surface area contributed by atoms with Gasteiger partial charge in [0, 0.05) is 24.4 Å². The lowest BCUT2D eigenvalue weighted by Gasteiger charge is -2.15. The van der Waals surface area contributed by atoms with Gasteiger partial charge in [-0.25, -0.2) is 0 Å². The fraction of sp³-hybridized carbons (Fsp3) is 0.417. The van der Waals surface area contributed by atoms with Gasteiger partial charge in [-0.1, -0.05) is 6.07 Å². The maximum absolute atomic E-state index is 11.2. The standard InChI is InChI=1S/C12H18N2O2/c1-8-4-5-10(6-11(8)12(13)15)14-9(2)7-16-3/h4-6,9,14H,7H2,1-3H3,(H2,13,15). The molecule has 0 fully saturated rings. The van der Waals surface area contributed by atoms with Crippen molar-refractivity contribution < 1.29 is 9.53 Å². The van der Waals surface area contributed by atoms with Crippen LogP contribution in [0, 0.1) is 6.92 Å². The number of anilines is 1. The number of hydrogen-bond acceptors (Lipinski definition) is 3. The fourth-order valence-corrected chi connectivity index (χ4v) is 1.55. The van der Waals surface area contributed by atoms with Crippen molar-refractivity contribution in [3.05, 3.63) is 29.3 Å². The van der Waals surface area contributed by atoms with Gasteiger partial charge in [-0.05, 0) is 31.5 Å². The van der Waals surface area contributed by atoms with Crippen molar-refractivity contribution in [3.8, 4) is 0 Å². The van der Waals surface area contributed by atoms with Gasteiger partial charge in [0.15, 0.2) is 0 Å². The summed E-state index contributed by atoms with van der Waals surface area (Å²) in [6.45, 7) is 4.48. The van der Waals surface area contributed by atoms with Crippen LogP contribution in [0.5, 0.6) is 0 Å². The summed E-state index contributed by atoms with van der Waals surface area (Å²) in [5.74, 6) is -0.402. The molecule has 1 aromatic rings. The number of ether oxygens (including phenoxy) is 1. The molecule has 0 aromatic heterocycles. The molecule has 1 rings (SSSR count). The lowest BCUT2D eigenvalue weighted by Crippen LogP contribution is -2.21. The van der Waals surface area contributed by atoms with Crippen molar-refractivity contribution >= 4 is 11.6 Å². The number of primary amides is 1. The summed E-state index contributed by atoms with van der Waals surface area (Å²) >= 11 is 0. The van der Waals surface area contributed by atoms with E-state index in [0.717, 1.165) is 11.3 Å². The van der Waals surface area contributed by atoms with Crippen LogP contribution in [0.25, 0.3) is 0 Å². The third-order valence-corrected chi connectivity index (χ3v) is 2.33. The molecule has 0 aliphatic carbocycles. The zero-order valence-corrected chi connectivity index (χ0v) is 9.91. The summed E-state index contributed by atoms with van der Waals surface area (Å²) in [5.41, 5.74) is 7.60. The highest BCUT2D eigenvalue weighted by Crippen LogP contribution is 2.15. The first-order chi connectivity index (χ1) is 7.54. The van der Waals surface area contributed by atoms with E-state index in [1.807, 2.05) is 26.0 Å². The maximum Gasteiger partial charge on any atom is 0.249 e. The van der Waals surface area contributed by atoms with Crippen LogP contribution in [0.15, 0.2) is 18.2 Å². The molecule has 1 aromatic carbocycles. The van der Waals surface area contributed by atoms with Crippen LogP contribution in [-0.2, 0) is 4.74 Å². The van der Waals surface area contributed by atoms with Gasteiger partial charge in [-0.2, -0.15) is 0 Å². The Kier molecular flexibility index (Phi) is 4.31. The minimum Gasteiger partial charge on any atom is -0.383 e. The second-order valence-corrected chi connectivity index (χ2v) is 3.89. The smallest absolute Gasteiger partial charge is 0.249 e. The number of rotatable bonds is 5. The SMILES string of the molecule is COCC(C)Nc1ccc(C)c(C(N)=O)c1. The lowest BCUT2D eigenvalue weighted by atomic mass is 10.1. The molecule has 4 nitrogen and oxygen atoms in total. The third kappa shape index (κ3) is 3.24. The van der Waals surface area contributed by atoms with Crippen molar-refractivity contribution in [1.82, 2.24) is 0 Å². The third-order valence-electron chi connectivity index (χ3n) is 2.33. The quantitative estimate of drug-likeness (QED) is 0.794. The molecule has 1 amide bonds. The van der Waals surface area contributed by atoms with E-state index in [-0.39, 0.29) is 6.04 Å². The van der Waals surface area contributed by atoms with Crippen LogP contribution in [0.1, 0.15) is 22.8 Å². The average Bonchev–Trinajstić information content (AvgIpc) is 2.21. The molecule has 0 spiro atoms. The summed E-state index contributed by atoms with van der Waals surface area (Å²) in [6.07, 6.45) is 0. The number of benzene rings is 1. The Hall–Kier alpha value is -1.55. The van der Waals surface area contributed by atoms with Crippen molar-refractivity contribution in [2.24, 2.45) is 5.73 Å². The lowest BCUT2D eigenvalue weighted by molar-refractivity contribution is 0.1000. The Bertz CT molecular complexity index is 377. The van der Waals surface area contributed by atoms with Gasteiger partial charge in [0.05, 0.1) is 6.61 Å². The molecule has 88 valence electrons. The topological polar surface area (TPSA) is 64.3 Å². The van der Waals surface area contributed by atoms with E-state index in [9.17, 15) is 4.79 Å². The largest absolute Gasteiger partial charge is 0.383 e. The Labute approximate surface area is 95.8 Å². The van der Waals surface area contributed by atoms with Crippen LogP contribution in [-0.4, -0.2) is 25.7 Å². The van der Waals surface area contributed by atoms with Gasteiger partial charge < -0.3 is 15.8 Å². The molecule has 0 aliphatic rings. The summed E-state index contributed by atoms with van der Waals surface area (Å²) in [5, 5.41) is 3.23. The van der Waals surface area contributed by atoms with Crippen molar-refractivity contribution in [2.75, 3.05) is 19.0 Å². The van der Waals surface area contributed by atoms with Crippen LogP contribution < -0.4 is 11.1 Å². The number of amides is 1. The molecule has 1 unspecified atom stereocenters. The Balaban J connectivity index is 2.82. The van der Waals surface area contributed by atoms with Gasteiger partial charge in [-0.15, -0.1) is 0 Å². The molecule has 16 heavy (non-hydrogen) atoms. The van der Waals surface area contributed by atoms with Gasteiger partial charge in [-0.3, -0.25) is 4.79 Å². The Morgan fingerprint density at radius 2 is 2.25 bits per heavy atom. The number of hydrogen-bond donors (Lipinski definition) is 2. The second kappa shape index (κ2) is 5.51. The van der Waals surface area contributed by atoms with E-state index < -0.39 is 5.91 Å².